The van der Waals surface area contributed by atoms with Gasteiger partial charge in [0.05, 0.1) is 6.54 Å². The zero-order valence-electron chi connectivity index (χ0n) is 18.4. The Kier molecular flexibility index (Phi) is 7.50. The summed E-state index contributed by atoms with van der Waals surface area (Å²) < 4.78 is 0. The first kappa shape index (κ1) is 21.9. The van der Waals surface area contributed by atoms with Gasteiger partial charge in [-0.05, 0) is 49.4 Å². The maximum absolute atomic E-state index is 12.2. The fourth-order valence-electron chi connectivity index (χ4n) is 3.95. The molecule has 0 bridgehead atoms. The van der Waals surface area contributed by atoms with Crippen LogP contribution in [0.15, 0.2) is 59.6 Å². The highest BCUT2D eigenvalue weighted by molar-refractivity contribution is 5.94. The number of benzene rings is 2. The highest BCUT2D eigenvalue weighted by atomic mass is 16.2. The smallest absolute Gasteiger partial charge is 0.253 e. The molecule has 2 aromatic carbocycles. The number of hydrogen-bond donors (Lipinski definition) is 2. The van der Waals surface area contributed by atoms with Crippen LogP contribution in [0.5, 0.6) is 0 Å². The molecule has 0 aliphatic heterocycles. The minimum Gasteiger partial charge on any atom is -0.357 e. The SMILES string of the molecule is CCNC(=NCC1(c2ccccc2)CCC1)NCCc1cccc(C(=O)N(C)C)c1. The van der Waals surface area contributed by atoms with Gasteiger partial charge in [-0.3, -0.25) is 9.79 Å². The number of carbonyl (C=O) groups excluding carboxylic acids is 1. The molecule has 0 heterocycles. The zero-order chi connectivity index (χ0) is 21.4. The second-order valence-corrected chi connectivity index (χ2v) is 8.27. The number of carbonyl (C=O) groups is 1. The third-order valence-electron chi connectivity index (χ3n) is 5.87. The summed E-state index contributed by atoms with van der Waals surface area (Å²) in [7, 11) is 3.56. The highest BCUT2D eigenvalue weighted by Crippen LogP contribution is 2.43. The van der Waals surface area contributed by atoms with E-state index in [-0.39, 0.29) is 11.3 Å². The third kappa shape index (κ3) is 5.41. The van der Waals surface area contributed by atoms with Crippen LogP contribution in [-0.4, -0.2) is 50.5 Å². The lowest BCUT2D eigenvalue weighted by Gasteiger charge is -2.41. The van der Waals surface area contributed by atoms with Crippen molar-refractivity contribution in [1.82, 2.24) is 15.5 Å². The fraction of sp³-hybridized carbons (Fsp3) is 0.440. The Labute approximate surface area is 180 Å². The van der Waals surface area contributed by atoms with Gasteiger partial charge in [0.15, 0.2) is 5.96 Å². The van der Waals surface area contributed by atoms with Crippen LogP contribution in [0.1, 0.15) is 47.7 Å². The molecule has 1 aliphatic carbocycles. The van der Waals surface area contributed by atoms with Crippen molar-refractivity contribution in [3.63, 3.8) is 0 Å². The topological polar surface area (TPSA) is 56.7 Å². The first-order valence-electron chi connectivity index (χ1n) is 10.9. The molecule has 5 heteroatoms. The molecular weight excluding hydrogens is 372 g/mol. The fourth-order valence-corrected chi connectivity index (χ4v) is 3.95. The Balaban J connectivity index is 1.60. The summed E-state index contributed by atoms with van der Waals surface area (Å²) >= 11 is 0. The summed E-state index contributed by atoms with van der Waals surface area (Å²) in [6.07, 6.45) is 4.51. The van der Waals surface area contributed by atoms with Crippen LogP contribution >= 0.6 is 0 Å². The van der Waals surface area contributed by atoms with Crippen molar-refractivity contribution in [2.24, 2.45) is 4.99 Å². The molecule has 5 nitrogen and oxygen atoms in total. The molecule has 3 rings (SSSR count). The average Bonchev–Trinajstić information content (AvgIpc) is 2.73. The summed E-state index contributed by atoms with van der Waals surface area (Å²) in [6.45, 7) is 4.49. The van der Waals surface area contributed by atoms with Crippen LogP contribution in [0.4, 0.5) is 0 Å². The molecule has 1 fully saturated rings. The van der Waals surface area contributed by atoms with Crippen molar-refractivity contribution in [1.29, 1.82) is 0 Å². The van der Waals surface area contributed by atoms with E-state index in [0.717, 1.165) is 43.1 Å². The third-order valence-corrected chi connectivity index (χ3v) is 5.87. The van der Waals surface area contributed by atoms with Crippen molar-refractivity contribution in [2.75, 3.05) is 33.7 Å². The van der Waals surface area contributed by atoms with Crippen LogP contribution in [0.2, 0.25) is 0 Å². The number of nitrogens with one attached hydrogen (secondary N) is 2. The molecule has 160 valence electrons. The first-order valence-corrected chi connectivity index (χ1v) is 10.9. The number of rotatable bonds is 8. The van der Waals surface area contributed by atoms with Crippen molar-refractivity contribution in [2.45, 2.75) is 38.0 Å². The number of aliphatic imine (C=N–C) groups is 1. The minimum absolute atomic E-state index is 0.0337. The minimum atomic E-state index is 0.0337. The first-order chi connectivity index (χ1) is 14.5. The molecule has 0 atom stereocenters. The van der Waals surface area contributed by atoms with E-state index < -0.39 is 0 Å². The zero-order valence-corrected chi connectivity index (χ0v) is 18.4. The monoisotopic (exact) mass is 406 g/mol. The molecule has 0 spiro atoms. The van der Waals surface area contributed by atoms with Gasteiger partial charge in [-0.15, -0.1) is 0 Å². The molecule has 2 aromatic rings. The van der Waals surface area contributed by atoms with E-state index in [1.807, 2.05) is 18.2 Å². The van der Waals surface area contributed by atoms with E-state index in [1.54, 1.807) is 19.0 Å². The van der Waals surface area contributed by atoms with E-state index in [0.29, 0.717) is 0 Å². The second-order valence-electron chi connectivity index (χ2n) is 8.27. The van der Waals surface area contributed by atoms with Crippen LogP contribution in [-0.2, 0) is 11.8 Å². The van der Waals surface area contributed by atoms with Gasteiger partial charge >= 0.3 is 0 Å². The van der Waals surface area contributed by atoms with E-state index in [2.05, 4.69) is 54.0 Å². The van der Waals surface area contributed by atoms with E-state index in [1.165, 1.54) is 24.8 Å². The number of nitrogens with zero attached hydrogens (tertiary/aromatic N) is 2. The predicted molar refractivity (Wildman–Crippen MR) is 124 cm³/mol. The lowest BCUT2D eigenvalue weighted by atomic mass is 9.64. The largest absolute Gasteiger partial charge is 0.357 e. The average molecular weight is 407 g/mol. The Morgan fingerprint density at radius 1 is 1.07 bits per heavy atom. The van der Waals surface area contributed by atoms with Gasteiger partial charge in [0.2, 0.25) is 0 Å². The van der Waals surface area contributed by atoms with Gasteiger partial charge in [0.25, 0.3) is 5.91 Å². The molecule has 0 radical (unpaired) electrons. The summed E-state index contributed by atoms with van der Waals surface area (Å²) in [5, 5.41) is 6.82. The molecule has 1 saturated carbocycles. The molecule has 2 N–H and O–H groups in total. The van der Waals surface area contributed by atoms with Gasteiger partial charge < -0.3 is 15.5 Å². The Bertz CT molecular complexity index is 856. The van der Waals surface area contributed by atoms with Crippen molar-refractivity contribution < 1.29 is 4.79 Å². The number of hydrogen-bond acceptors (Lipinski definition) is 2. The maximum atomic E-state index is 12.2. The second kappa shape index (κ2) is 10.3. The Hall–Kier alpha value is -2.82. The Morgan fingerprint density at radius 2 is 1.83 bits per heavy atom. The van der Waals surface area contributed by atoms with Gasteiger partial charge in [-0.25, -0.2) is 0 Å². The van der Waals surface area contributed by atoms with Crippen LogP contribution in [0, 0.1) is 0 Å². The van der Waals surface area contributed by atoms with Crippen LogP contribution < -0.4 is 10.6 Å². The summed E-state index contributed by atoms with van der Waals surface area (Å²) in [6, 6.07) is 18.6. The molecule has 0 unspecified atom stereocenters. The normalized spacial score (nSPS) is 15.2. The Morgan fingerprint density at radius 3 is 2.47 bits per heavy atom. The lowest BCUT2D eigenvalue weighted by Crippen LogP contribution is -2.42. The number of guanidine groups is 1. The summed E-state index contributed by atoms with van der Waals surface area (Å²) in [4.78, 5) is 18.7. The van der Waals surface area contributed by atoms with Crippen molar-refractivity contribution in [3.8, 4) is 0 Å². The highest BCUT2D eigenvalue weighted by Gasteiger charge is 2.38. The van der Waals surface area contributed by atoms with Gasteiger partial charge in [-0.2, -0.15) is 0 Å². The number of amides is 1. The van der Waals surface area contributed by atoms with Crippen LogP contribution in [0.25, 0.3) is 0 Å². The lowest BCUT2D eigenvalue weighted by molar-refractivity contribution is 0.0827. The predicted octanol–water partition coefficient (Wildman–Crippen LogP) is 3.61. The molecule has 0 saturated heterocycles. The van der Waals surface area contributed by atoms with Crippen LogP contribution in [0.3, 0.4) is 0 Å². The van der Waals surface area contributed by atoms with E-state index >= 15 is 0 Å². The molecule has 30 heavy (non-hydrogen) atoms. The quantitative estimate of drug-likeness (QED) is 0.520. The molecule has 1 aliphatic rings. The summed E-state index contributed by atoms with van der Waals surface area (Å²) in [5.74, 6) is 0.895. The van der Waals surface area contributed by atoms with Gasteiger partial charge in [0.1, 0.15) is 0 Å². The van der Waals surface area contributed by atoms with Crippen molar-refractivity contribution in [3.05, 3.63) is 71.3 Å². The maximum Gasteiger partial charge on any atom is 0.253 e. The molecule has 0 aromatic heterocycles. The standard InChI is InChI=1S/C25H34N4O/c1-4-26-24(28-19-25(15-9-16-25)22-12-6-5-7-13-22)27-17-14-20-10-8-11-21(18-20)23(30)29(2)3/h5-8,10-13,18H,4,9,14-17,19H2,1-3H3,(H2,26,27,28). The van der Waals surface area contributed by atoms with Crippen molar-refractivity contribution >= 4 is 11.9 Å². The van der Waals surface area contributed by atoms with E-state index in [4.69, 9.17) is 4.99 Å². The molecule has 1 amide bonds. The van der Waals surface area contributed by atoms with Gasteiger partial charge in [-0.1, -0.05) is 48.9 Å². The molecular formula is C25H34N4O. The van der Waals surface area contributed by atoms with Gasteiger partial charge in [0, 0.05) is 38.2 Å². The summed E-state index contributed by atoms with van der Waals surface area (Å²) in [5.41, 5.74) is 3.46. The van der Waals surface area contributed by atoms with E-state index in [9.17, 15) is 4.79 Å².